The summed E-state index contributed by atoms with van der Waals surface area (Å²) in [5.74, 6) is -23.7. The molecular weight excluding hydrogens is 1200 g/mol. The van der Waals surface area contributed by atoms with Gasteiger partial charge < -0.3 is 85.3 Å². The normalized spacial score (nSPS) is 13.1. The molecule has 0 spiro atoms. The van der Waals surface area contributed by atoms with Crippen LogP contribution in [0, 0.1) is 0 Å². The summed E-state index contributed by atoms with van der Waals surface area (Å²) in [6, 6.07) is 9.69. The maximum atomic E-state index is 13.4. The summed E-state index contributed by atoms with van der Waals surface area (Å²) in [6.45, 7) is 12.1. The number of hydrogen-bond donors (Lipinski definition) is 0. The second kappa shape index (κ2) is 26.3. The first kappa shape index (κ1) is 64.0. The molecule has 30 nitrogen and oxygen atoms in total. The first-order chi connectivity index (χ1) is 42.4. The second-order valence-corrected chi connectivity index (χ2v) is 18.8. The Morgan fingerprint density at radius 3 is 0.978 bits per heavy atom. The van der Waals surface area contributed by atoms with Gasteiger partial charge in [0.1, 0.15) is 46.4 Å². The molecular formula is C60H48O30. The number of ether oxygens (including phenoxy) is 18. The molecule has 90 heavy (non-hydrogen) atoms. The monoisotopic (exact) mass is 1250 g/mol. The van der Waals surface area contributed by atoms with Crippen molar-refractivity contribution in [1.82, 2.24) is 0 Å². The molecule has 5 aromatic rings. The maximum absolute atomic E-state index is 13.4. The first-order valence-corrected chi connectivity index (χ1v) is 26.1. The highest BCUT2D eigenvalue weighted by molar-refractivity contribution is 5.92. The number of esters is 12. The van der Waals surface area contributed by atoms with Gasteiger partial charge in [0.15, 0.2) is 46.0 Å². The van der Waals surface area contributed by atoms with Crippen LogP contribution >= 0.6 is 0 Å². The molecule has 3 aliphatic rings. The molecule has 0 radical (unpaired) electrons. The van der Waals surface area contributed by atoms with Gasteiger partial charge in [-0.05, 0) is 0 Å². The third-order valence-corrected chi connectivity index (χ3v) is 11.2. The fourth-order valence-corrected chi connectivity index (χ4v) is 8.71. The van der Waals surface area contributed by atoms with Gasteiger partial charge in [0.2, 0.25) is 46.0 Å². The van der Waals surface area contributed by atoms with Gasteiger partial charge in [0, 0.05) is 138 Å². The summed E-state index contributed by atoms with van der Waals surface area (Å²) < 4.78 is 106. The van der Waals surface area contributed by atoms with Crippen molar-refractivity contribution in [1.29, 1.82) is 0 Å². The van der Waals surface area contributed by atoms with Crippen LogP contribution in [-0.2, 0) is 67.0 Å². The molecule has 0 fully saturated rings. The highest BCUT2D eigenvalue weighted by Gasteiger charge is 2.47. The van der Waals surface area contributed by atoms with E-state index in [1.807, 2.05) is 0 Å². The molecule has 2 heterocycles. The molecule has 8 rings (SSSR count). The Bertz CT molecular complexity index is 3980. The molecule has 0 saturated heterocycles. The van der Waals surface area contributed by atoms with Gasteiger partial charge in [-0.25, -0.2) is 0 Å². The molecule has 1 aliphatic carbocycles. The lowest BCUT2D eigenvalue weighted by Crippen LogP contribution is -2.31. The molecule has 5 aromatic carbocycles. The number of carbonyl (C=O) groups excluding carboxylic acids is 12. The molecule has 0 saturated carbocycles. The summed E-state index contributed by atoms with van der Waals surface area (Å²) in [4.78, 5) is 153. The highest BCUT2D eigenvalue weighted by Crippen LogP contribution is 2.65. The largest absolute Gasteiger partial charge is 0.457 e. The Morgan fingerprint density at radius 2 is 0.600 bits per heavy atom. The standard InChI is InChI=1S/C60H48O30/c1-23(61)73-35-13-36(74-24(2)62)16-39(15-35)85-53-45(81-31(9)69)21-47(83-33(11)71)55-59(53)89-51-43(79-29(7)67)19-41(77-27(5)65)49(57(51)87-55)50-42(78-28(6)66)20-44(80-30(8)68)52-58(50)88-56-48(84-34(12)72)22-46(82-32(10)70)54(60(56)90-52)86-40-17-37(75-25(3)63)14-38(18-40)76-26(4)64/h13-19,21-22,42H,20H2,1-12H3. The van der Waals surface area contributed by atoms with Crippen molar-refractivity contribution in [2.75, 3.05) is 0 Å². The zero-order valence-corrected chi connectivity index (χ0v) is 49.2. The average Bonchev–Trinajstić information content (AvgIpc) is 0.730. The van der Waals surface area contributed by atoms with Crippen LogP contribution in [-0.4, -0.2) is 77.7 Å². The topological polar surface area (TPSA) is 371 Å². The van der Waals surface area contributed by atoms with Crippen molar-refractivity contribution in [2.24, 2.45) is 0 Å². The van der Waals surface area contributed by atoms with Gasteiger partial charge in [-0.1, -0.05) is 0 Å². The summed E-state index contributed by atoms with van der Waals surface area (Å²) in [5, 5.41) is 0. The molecule has 2 aliphatic heterocycles. The Kier molecular flexibility index (Phi) is 18.7. The van der Waals surface area contributed by atoms with Crippen molar-refractivity contribution in [2.45, 2.75) is 95.6 Å². The van der Waals surface area contributed by atoms with Gasteiger partial charge in [-0.15, -0.1) is 0 Å². The highest BCUT2D eigenvalue weighted by atomic mass is 16.6. The van der Waals surface area contributed by atoms with Crippen molar-refractivity contribution in [3.63, 3.8) is 0 Å². The zero-order chi connectivity index (χ0) is 65.7. The predicted octanol–water partition coefficient (Wildman–Crippen LogP) is 8.71. The van der Waals surface area contributed by atoms with Crippen LogP contribution in [0.2, 0.25) is 0 Å². The quantitative estimate of drug-likeness (QED) is 0.0608. The lowest BCUT2D eigenvalue weighted by molar-refractivity contribution is -0.145. The average molecular weight is 1250 g/mol. The van der Waals surface area contributed by atoms with Crippen LogP contribution in [0.25, 0.3) is 5.57 Å². The van der Waals surface area contributed by atoms with Gasteiger partial charge in [-0.2, -0.15) is 0 Å². The van der Waals surface area contributed by atoms with E-state index >= 15 is 0 Å². The van der Waals surface area contributed by atoms with Crippen LogP contribution in [0.1, 0.15) is 95.1 Å². The van der Waals surface area contributed by atoms with Gasteiger partial charge in [0.25, 0.3) is 0 Å². The second-order valence-electron chi connectivity index (χ2n) is 18.8. The third-order valence-electron chi connectivity index (χ3n) is 11.2. The summed E-state index contributed by atoms with van der Waals surface area (Å²) in [6.07, 6.45) is -2.53. The Labute approximate surface area is 506 Å². The van der Waals surface area contributed by atoms with E-state index in [9.17, 15) is 57.5 Å². The Morgan fingerprint density at radius 1 is 0.300 bits per heavy atom. The SMILES string of the molecule is CC(=O)OC1=C2Oc3c(c(OC(C)=O)cc(OC(C)=O)c3Oc3cc(OC(C)=O)cc(OC(C)=O)c3)OC2=C(c2c(OC(C)=O)cc(OC(C)=O)c3c2Oc2c(OC(C)=O)cc(OC(C)=O)c(Oc4cc(OC(C)=O)cc(OC(C)=O)c4)c2O3)C(OC(C)=O)C1. The van der Waals surface area contributed by atoms with E-state index in [0.717, 1.165) is 138 Å². The number of rotatable bonds is 17. The van der Waals surface area contributed by atoms with Crippen LogP contribution in [0.3, 0.4) is 0 Å². The van der Waals surface area contributed by atoms with Gasteiger partial charge in [-0.3, -0.25) is 57.5 Å². The minimum absolute atomic E-state index is 0.235. The van der Waals surface area contributed by atoms with Gasteiger partial charge in [0.05, 0.1) is 17.6 Å². The first-order valence-electron chi connectivity index (χ1n) is 26.1. The van der Waals surface area contributed by atoms with Crippen molar-refractivity contribution in [3.05, 3.63) is 77.4 Å². The Hall–Kier alpha value is -12.0. The molecule has 0 N–H and O–H groups in total. The lowest BCUT2D eigenvalue weighted by Gasteiger charge is -2.36. The van der Waals surface area contributed by atoms with E-state index in [-0.39, 0.29) is 34.5 Å². The smallest absolute Gasteiger partial charge is 0.308 e. The molecule has 1 unspecified atom stereocenters. The third kappa shape index (κ3) is 15.2. The molecule has 0 amide bonds. The molecule has 1 atom stereocenters. The van der Waals surface area contributed by atoms with E-state index in [4.69, 9.17) is 85.3 Å². The summed E-state index contributed by atoms with van der Waals surface area (Å²) >= 11 is 0. The van der Waals surface area contributed by atoms with Crippen LogP contribution < -0.4 is 75.8 Å². The van der Waals surface area contributed by atoms with Crippen LogP contribution in [0.15, 0.2) is 71.9 Å². The van der Waals surface area contributed by atoms with Crippen molar-refractivity contribution < 1.29 is 143 Å². The summed E-state index contributed by atoms with van der Waals surface area (Å²) in [7, 11) is 0. The van der Waals surface area contributed by atoms with Crippen molar-refractivity contribution in [3.8, 4) is 115 Å². The molecule has 30 heteroatoms. The van der Waals surface area contributed by atoms with Crippen LogP contribution in [0.5, 0.6) is 115 Å². The van der Waals surface area contributed by atoms with E-state index < -0.39 is 193 Å². The maximum Gasteiger partial charge on any atom is 0.308 e. The summed E-state index contributed by atoms with van der Waals surface area (Å²) in [5.41, 5.74) is -1.02. The molecule has 0 bridgehead atoms. The van der Waals surface area contributed by atoms with E-state index in [2.05, 4.69) is 0 Å². The van der Waals surface area contributed by atoms with Crippen molar-refractivity contribution >= 4 is 77.2 Å². The predicted molar refractivity (Wildman–Crippen MR) is 293 cm³/mol. The minimum Gasteiger partial charge on any atom is -0.457 e. The molecule has 0 aromatic heterocycles. The van der Waals surface area contributed by atoms with Crippen LogP contribution in [0.4, 0.5) is 0 Å². The number of fused-ring (bicyclic) bond motifs is 4. The zero-order valence-electron chi connectivity index (χ0n) is 49.2. The van der Waals surface area contributed by atoms with E-state index in [1.54, 1.807) is 0 Å². The number of carbonyl (C=O) groups is 12. The Balaban J connectivity index is 1.49. The number of benzene rings is 5. The molecule has 468 valence electrons. The fourth-order valence-electron chi connectivity index (χ4n) is 8.71. The van der Waals surface area contributed by atoms with Gasteiger partial charge >= 0.3 is 71.6 Å². The van der Waals surface area contributed by atoms with E-state index in [0.29, 0.717) is 0 Å². The fraction of sp³-hybridized carbons (Fsp3) is 0.233. The number of hydrogen-bond acceptors (Lipinski definition) is 30. The van der Waals surface area contributed by atoms with E-state index in [1.165, 1.54) is 0 Å². The minimum atomic E-state index is -1.81. The lowest BCUT2D eigenvalue weighted by atomic mass is 9.88.